The molecular weight excluding hydrogens is 333 g/mol. The summed E-state index contributed by atoms with van der Waals surface area (Å²) >= 11 is 11.8. The van der Waals surface area contributed by atoms with E-state index in [9.17, 15) is 4.79 Å². The number of nitrogens with one attached hydrogen (secondary N) is 2. The van der Waals surface area contributed by atoms with E-state index in [1.807, 2.05) is 24.3 Å². The van der Waals surface area contributed by atoms with Crippen LogP contribution in [-0.4, -0.2) is 15.9 Å². The monoisotopic (exact) mass is 345 g/mol. The smallest absolute Gasteiger partial charge is 0.251 e. The third-order valence-corrected chi connectivity index (χ3v) is 4.07. The third kappa shape index (κ3) is 3.73. The molecule has 0 aliphatic rings. The molecule has 23 heavy (non-hydrogen) atoms. The molecule has 0 aliphatic heterocycles. The molecule has 0 fully saturated rings. The van der Waals surface area contributed by atoms with Crippen molar-refractivity contribution >= 4 is 29.1 Å². The number of rotatable bonds is 4. The van der Waals surface area contributed by atoms with Crippen LogP contribution >= 0.6 is 23.2 Å². The number of halogens is 2. The molecule has 1 amide bonds. The second-order valence-electron chi connectivity index (χ2n) is 4.95. The van der Waals surface area contributed by atoms with Crippen LogP contribution in [0.3, 0.4) is 0 Å². The SMILES string of the molecule is O=C(NCc1cccc(-c2ncc[nH]2)c1)c1ccc(Cl)c(Cl)c1. The summed E-state index contributed by atoms with van der Waals surface area (Å²) in [5.74, 6) is 0.592. The maximum absolute atomic E-state index is 12.2. The quantitative estimate of drug-likeness (QED) is 0.739. The fourth-order valence-corrected chi connectivity index (χ4v) is 2.47. The van der Waals surface area contributed by atoms with Crippen molar-refractivity contribution in [3.63, 3.8) is 0 Å². The van der Waals surface area contributed by atoms with E-state index < -0.39 is 0 Å². The number of aromatic nitrogens is 2. The Hall–Kier alpha value is -2.30. The van der Waals surface area contributed by atoms with Crippen molar-refractivity contribution in [2.75, 3.05) is 0 Å². The fourth-order valence-electron chi connectivity index (χ4n) is 2.17. The van der Waals surface area contributed by atoms with Gasteiger partial charge in [0.05, 0.1) is 10.0 Å². The number of imidazole rings is 1. The van der Waals surface area contributed by atoms with Gasteiger partial charge >= 0.3 is 0 Å². The lowest BCUT2D eigenvalue weighted by molar-refractivity contribution is 0.0951. The van der Waals surface area contributed by atoms with E-state index in [-0.39, 0.29) is 5.91 Å². The molecule has 3 rings (SSSR count). The van der Waals surface area contributed by atoms with Gasteiger partial charge in [0.2, 0.25) is 0 Å². The standard InChI is InChI=1S/C17H13Cl2N3O/c18-14-5-4-13(9-15(14)19)17(23)22-10-11-2-1-3-12(8-11)16-20-6-7-21-16/h1-9H,10H2,(H,20,21)(H,22,23). The van der Waals surface area contributed by atoms with Gasteiger partial charge in [0.25, 0.3) is 5.91 Å². The van der Waals surface area contributed by atoms with E-state index in [4.69, 9.17) is 23.2 Å². The van der Waals surface area contributed by atoms with Crippen LogP contribution in [0.5, 0.6) is 0 Å². The molecule has 6 heteroatoms. The lowest BCUT2D eigenvalue weighted by Crippen LogP contribution is -2.22. The van der Waals surface area contributed by atoms with Crippen molar-refractivity contribution < 1.29 is 4.79 Å². The third-order valence-electron chi connectivity index (χ3n) is 3.33. The molecule has 0 atom stereocenters. The summed E-state index contributed by atoms with van der Waals surface area (Å²) in [4.78, 5) is 19.4. The summed E-state index contributed by atoms with van der Waals surface area (Å²) in [5, 5.41) is 3.65. The number of benzene rings is 2. The minimum absolute atomic E-state index is 0.202. The molecule has 0 saturated carbocycles. The van der Waals surface area contributed by atoms with Crippen LogP contribution in [0.2, 0.25) is 10.0 Å². The number of amides is 1. The van der Waals surface area contributed by atoms with Crippen LogP contribution in [0.25, 0.3) is 11.4 Å². The number of aromatic amines is 1. The number of carbonyl (C=O) groups excluding carboxylic acids is 1. The maximum atomic E-state index is 12.2. The number of nitrogens with zero attached hydrogens (tertiary/aromatic N) is 1. The first-order valence-electron chi connectivity index (χ1n) is 6.95. The Kier molecular flexibility index (Phi) is 4.65. The number of hydrogen-bond acceptors (Lipinski definition) is 2. The molecule has 4 nitrogen and oxygen atoms in total. The lowest BCUT2D eigenvalue weighted by atomic mass is 10.1. The maximum Gasteiger partial charge on any atom is 0.251 e. The molecule has 0 aliphatic carbocycles. The first-order valence-corrected chi connectivity index (χ1v) is 7.71. The zero-order chi connectivity index (χ0) is 16.2. The van der Waals surface area contributed by atoms with Gasteiger partial charge in [-0.2, -0.15) is 0 Å². The minimum atomic E-state index is -0.202. The Bertz CT molecular complexity index is 832. The van der Waals surface area contributed by atoms with Crippen molar-refractivity contribution in [1.82, 2.24) is 15.3 Å². The van der Waals surface area contributed by atoms with Crippen molar-refractivity contribution in [3.05, 3.63) is 76.0 Å². The van der Waals surface area contributed by atoms with Crippen LogP contribution in [0.15, 0.2) is 54.9 Å². The highest BCUT2D eigenvalue weighted by atomic mass is 35.5. The Balaban J connectivity index is 1.69. The molecule has 116 valence electrons. The summed E-state index contributed by atoms with van der Waals surface area (Å²) in [6, 6.07) is 12.6. The topological polar surface area (TPSA) is 57.8 Å². The summed E-state index contributed by atoms with van der Waals surface area (Å²) in [7, 11) is 0. The Morgan fingerprint density at radius 3 is 2.74 bits per heavy atom. The molecule has 0 unspecified atom stereocenters. The second-order valence-corrected chi connectivity index (χ2v) is 5.76. The van der Waals surface area contributed by atoms with Gasteiger partial charge in [-0.3, -0.25) is 4.79 Å². The highest BCUT2D eigenvalue weighted by Crippen LogP contribution is 2.22. The van der Waals surface area contributed by atoms with E-state index in [1.165, 1.54) is 0 Å². The molecule has 1 heterocycles. The van der Waals surface area contributed by atoms with Gasteiger partial charge in [-0.25, -0.2) is 4.98 Å². The van der Waals surface area contributed by atoms with Gasteiger partial charge in [0, 0.05) is 30.1 Å². The number of H-pyrrole nitrogens is 1. The van der Waals surface area contributed by atoms with E-state index in [1.54, 1.807) is 30.6 Å². The molecule has 1 aromatic heterocycles. The Morgan fingerprint density at radius 1 is 1.13 bits per heavy atom. The zero-order valence-corrected chi connectivity index (χ0v) is 13.5. The summed E-state index contributed by atoms with van der Waals surface area (Å²) in [6.07, 6.45) is 3.47. The highest BCUT2D eigenvalue weighted by molar-refractivity contribution is 6.42. The molecule has 2 aromatic carbocycles. The van der Waals surface area contributed by atoms with E-state index >= 15 is 0 Å². The van der Waals surface area contributed by atoms with Crippen molar-refractivity contribution in [2.45, 2.75) is 6.54 Å². The second kappa shape index (κ2) is 6.86. The van der Waals surface area contributed by atoms with Crippen molar-refractivity contribution in [2.24, 2.45) is 0 Å². The summed E-state index contributed by atoms with van der Waals surface area (Å²) in [5.41, 5.74) is 2.42. The molecule has 2 N–H and O–H groups in total. The molecule has 0 bridgehead atoms. The van der Waals surface area contributed by atoms with Crippen LogP contribution in [-0.2, 0) is 6.54 Å². The van der Waals surface area contributed by atoms with Crippen molar-refractivity contribution in [3.8, 4) is 11.4 Å². The average molecular weight is 346 g/mol. The van der Waals surface area contributed by atoms with Crippen LogP contribution in [0.4, 0.5) is 0 Å². The molecule has 3 aromatic rings. The van der Waals surface area contributed by atoms with Crippen molar-refractivity contribution in [1.29, 1.82) is 0 Å². The normalized spacial score (nSPS) is 10.5. The fraction of sp³-hybridized carbons (Fsp3) is 0.0588. The van der Waals surface area contributed by atoms with Gasteiger partial charge in [0.15, 0.2) is 0 Å². The van der Waals surface area contributed by atoms with Gasteiger partial charge in [0.1, 0.15) is 5.82 Å². The first-order chi connectivity index (χ1) is 11.1. The first kappa shape index (κ1) is 15.6. The summed E-state index contributed by atoms with van der Waals surface area (Å²) in [6.45, 7) is 0.410. The van der Waals surface area contributed by atoms with Gasteiger partial charge in [-0.15, -0.1) is 0 Å². The molecule has 0 spiro atoms. The lowest BCUT2D eigenvalue weighted by Gasteiger charge is -2.07. The van der Waals surface area contributed by atoms with Gasteiger partial charge in [-0.1, -0.05) is 41.4 Å². The van der Waals surface area contributed by atoms with Crippen LogP contribution < -0.4 is 5.32 Å². The van der Waals surface area contributed by atoms with E-state index in [0.29, 0.717) is 22.2 Å². The minimum Gasteiger partial charge on any atom is -0.348 e. The van der Waals surface area contributed by atoms with Gasteiger partial charge in [-0.05, 0) is 29.8 Å². The summed E-state index contributed by atoms with van der Waals surface area (Å²) < 4.78 is 0. The number of hydrogen-bond donors (Lipinski definition) is 2. The highest BCUT2D eigenvalue weighted by Gasteiger charge is 2.08. The molecular formula is C17H13Cl2N3O. The Labute approximate surface area is 143 Å². The van der Waals surface area contributed by atoms with Gasteiger partial charge < -0.3 is 10.3 Å². The van der Waals surface area contributed by atoms with E-state index in [0.717, 1.165) is 17.0 Å². The predicted molar refractivity (Wildman–Crippen MR) is 91.7 cm³/mol. The van der Waals surface area contributed by atoms with Crippen LogP contribution in [0, 0.1) is 0 Å². The molecule has 0 radical (unpaired) electrons. The predicted octanol–water partition coefficient (Wildman–Crippen LogP) is 4.31. The van der Waals surface area contributed by atoms with E-state index in [2.05, 4.69) is 15.3 Å². The molecule has 0 saturated heterocycles. The Morgan fingerprint density at radius 2 is 2.00 bits per heavy atom. The largest absolute Gasteiger partial charge is 0.348 e. The zero-order valence-electron chi connectivity index (χ0n) is 12.0. The van der Waals surface area contributed by atoms with Crippen LogP contribution in [0.1, 0.15) is 15.9 Å². The average Bonchev–Trinajstić information content (AvgIpc) is 3.10. The number of carbonyl (C=O) groups is 1.